The second-order valence-electron chi connectivity index (χ2n) is 3.66. The molecular weight excluding hydrogens is 196 g/mol. The molecule has 0 spiro atoms. The second-order valence-corrected chi connectivity index (χ2v) is 4.03. The monoisotopic (exact) mass is 210 g/mol. The van der Waals surface area contributed by atoms with E-state index in [0.29, 0.717) is 11.9 Å². The van der Waals surface area contributed by atoms with Gasteiger partial charge in [-0.1, -0.05) is 6.07 Å². The minimum atomic E-state index is 0.670. The van der Waals surface area contributed by atoms with Crippen molar-refractivity contribution in [1.29, 1.82) is 0 Å². The van der Waals surface area contributed by atoms with E-state index in [-0.39, 0.29) is 0 Å². The van der Waals surface area contributed by atoms with E-state index in [4.69, 9.17) is 11.6 Å². The van der Waals surface area contributed by atoms with Gasteiger partial charge in [0.15, 0.2) is 0 Å². The van der Waals surface area contributed by atoms with Crippen molar-refractivity contribution in [1.82, 2.24) is 4.98 Å². The van der Waals surface area contributed by atoms with Gasteiger partial charge in [0.05, 0.1) is 0 Å². The molecule has 0 bridgehead atoms. The lowest BCUT2D eigenvalue weighted by Crippen LogP contribution is -2.41. The lowest BCUT2D eigenvalue weighted by Gasteiger charge is -2.38. The maximum absolute atomic E-state index is 5.80. The molecule has 0 radical (unpaired) electrons. The van der Waals surface area contributed by atoms with Crippen LogP contribution in [0.3, 0.4) is 0 Å². The highest BCUT2D eigenvalue weighted by atomic mass is 35.5. The molecule has 0 saturated heterocycles. The number of aromatic nitrogens is 1. The molecule has 1 aromatic heterocycles. The van der Waals surface area contributed by atoms with E-state index in [9.17, 15) is 0 Å². The van der Waals surface area contributed by atoms with Crippen molar-refractivity contribution in [3.05, 3.63) is 24.4 Å². The molecule has 0 N–H and O–H groups in total. The number of hydrogen-bond acceptors (Lipinski definition) is 2. The summed E-state index contributed by atoms with van der Waals surface area (Å²) in [7, 11) is 0. The first-order valence-corrected chi connectivity index (χ1v) is 5.69. The zero-order valence-corrected chi connectivity index (χ0v) is 8.95. The van der Waals surface area contributed by atoms with E-state index in [1.54, 1.807) is 0 Å². The van der Waals surface area contributed by atoms with E-state index >= 15 is 0 Å². The summed E-state index contributed by atoms with van der Waals surface area (Å²) in [6.07, 6.45) is 5.76. The maximum atomic E-state index is 5.80. The van der Waals surface area contributed by atoms with Gasteiger partial charge in [0.25, 0.3) is 0 Å². The molecule has 0 unspecified atom stereocenters. The lowest BCUT2D eigenvalue weighted by atomic mass is 9.91. The Labute approximate surface area is 89.9 Å². The van der Waals surface area contributed by atoms with Crippen molar-refractivity contribution in [2.24, 2.45) is 0 Å². The Balaban J connectivity index is 2.09. The number of nitrogens with zero attached hydrogens (tertiary/aromatic N) is 2. The molecule has 3 heteroatoms. The van der Waals surface area contributed by atoms with Gasteiger partial charge in [-0.2, -0.15) is 0 Å². The van der Waals surface area contributed by atoms with Crippen LogP contribution in [0.2, 0.25) is 0 Å². The molecule has 1 saturated carbocycles. The predicted octanol–water partition coefficient (Wildman–Crippen LogP) is 2.68. The molecular formula is C11H15ClN2. The van der Waals surface area contributed by atoms with E-state index in [1.165, 1.54) is 19.3 Å². The maximum Gasteiger partial charge on any atom is 0.128 e. The van der Waals surface area contributed by atoms with Gasteiger partial charge in [0, 0.05) is 24.7 Å². The summed E-state index contributed by atoms with van der Waals surface area (Å²) in [5.41, 5.74) is 0. The number of anilines is 1. The molecule has 2 nitrogen and oxygen atoms in total. The Morgan fingerprint density at radius 3 is 2.79 bits per heavy atom. The SMILES string of the molecule is ClCCN(c1ccccn1)C1CCC1. The lowest BCUT2D eigenvalue weighted by molar-refractivity contribution is 0.388. The van der Waals surface area contributed by atoms with Crippen molar-refractivity contribution in [3.8, 4) is 0 Å². The van der Waals surface area contributed by atoms with E-state index in [2.05, 4.69) is 16.0 Å². The standard InChI is InChI=1S/C11H15ClN2/c12-7-9-14(10-4-3-5-10)11-6-1-2-8-13-11/h1-2,6,8,10H,3-5,7,9H2. The van der Waals surface area contributed by atoms with Gasteiger partial charge in [-0.25, -0.2) is 4.98 Å². The normalized spacial score (nSPS) is 16.4. The van der Waals surface area contributed by atoms with E-state index < -0.39 is 0 Å². The van der Waals surface area contributed by atoms with Crippen LogP contribution in [0.25, 0.3) is 0 Å². The average molecular weight is 211 g/mol. The summed E-state index contributed by atoms with van der Waals surface area (Å²) in [4.78, 5) is 6.70. The van der Waals surface area contributed by atoms with Crippen LogP contribution in [0.15, 0.2) is 24.4 Å². The van der Waals surface area contributed by atoms with Crippen molar-refractivity contribution < 1.29 is 0 Å². The van der Waals surface area contributed by atoms with Crippen molar-refractivity contribution in [2.75, 3.05) is 17.3 Å². The van der Waals surface area contributed by atoms with Crippen LogP contribution in [0.5, 0.6) is 0 Å². The molecule has 2 rings (SSSR count). The fraction of sp³-hybridized carbons (Fsp3) is 0.545. The highest BCUT2D eigenvalue weighted by Crippen LogP contribution is 2.27. The fourth-order valence-corrected chi connectivity index (χ4v) is 1.98. The van der Waals surface area contributed by atoms with Gasteiger partial charge in [-0.3, -0.25) is 0 Å². The number of hydrogen-bond donors (Lipinski definition) is 0. The molecule has 14 heavy (non-hydrogen) atoms. The fourth-order valence-electron chi connectivity index (χ4n) is 1.80. The second kappa shape index (κ2) is 4.65. The molecule has 1 aliphatic carbocycles. The number of alkyl halides is 1. The number of pyridine rings is 1. The molecule has 1 fully saturated rings. The molecule has 0 aromatic carbocycles. The Hall–Kier alpha value is -0.760. The first-order chi connectivity index (χ1) is 6.92. The highest BCUT2D eigenvalue weighted by molar-refractivity contribution is 6.18. The van der Waals surface area contributed by atoms with Crippen molar-refractivity contribution >= 4 is 17.4 Å². The number of rotatable bonds is 4. The van der Waals surface area contributed by atoms with Crippen LogP contribution in [-0.2, 0) is 0 Å². The quantitative estimate of drug-likeness (QED) is 0.711. The number of halogens is 1. The van der Waals surface area contributed by atoms with Gasteiger partial charge in [-0.05, 0) is 31.4 Å². The molecule has 1 aromatic rings. The molecule has 0 amide bonds. The Bertz CT molecular complexity index is 272. The Kier molecular flexibility index (Phi) is 3.25. The molecule has 1 aliphatic rings. The average Bonchev–Trinajstić information content (AvgIpc) is 2.16. The van der Waals surface area contributed by atoms with Crippen LogP contribution in [0, 0.1) is 0 Å². The van der Waals surface area contributed by atoms with Crippen LogP contribution in [0.4, 0.5) is 5.82 Å². The van der Waals surface area contributed by atoms with Gasteiger partial charge in [0.2, 0.25) is 0 Å². The molecule has 0 aliphatic heterocycles. The summed E-state index contributed by atoms with van der Waals surface area (Å²) >= 11 is 5.80. The van der Waals surface area contributed by atoms with Crippen LogP contribution in [0.1, 0.15) is 19.3 Å². The summed E-state index contributed by atoms with van der Waals surface area (Å²) in [6, 6.07) is 6.71. The van der Waals surface area contributed by atoms with E-state index in [1.807, 2.05) is 18.3 Å². The largest absolute Gasteiger partial charge is 0.352 e. The highest BCUT2D eigenvalue weighted by Gasteiger charge is 2.25. The first kappa shape index (κ1) is 9.78. The molecule has 0 atom stereocenters. The summed E-state index contributed by atoms with van der Waals surface area (Å²) in [6.45, 7) is 0.906. The smallest absolute Gasteiger partial charge is 0.128 e. The van der Waals surface area contributed by atoms with E-state index in [0.717, 1.165) is 12.4 Å². The van der Waals surface area contributed by atoms with Crippen molar-refractivity contribution in [3.63, 3.8) is 0 Å². The van der Waals surface area contributed by atoms with Gasteiger partial charge in [0.1, 0.15) is 5.82 Å². The minimum absolute atomic E-state index is 0.670. The van der Waals surface area contributed by atoms with Crippen LogP contribution in [-0.4, -0.2) is 23.5 Å². The third-order valence-electron chi connectivity index (χ3n) is 2.78. The minimum Gasteiger partial charge on any atom is -0.352 e. The van der Waals surface area contributed by atoms with Crippen LogP contribution < -0.4 is 4.90 Å². The van der Waals surface area contributed by atoms with Gasteiger partial charge >= 0.3 is 0 Å². The predicted molar refractivity (Wildman–Crippen MR) is 59.9 cm³/mol. The molecule has 76 valence electrons. The van der Waals surface area contributed by atoms with Gasteiger partial charge < -0.3 is 4.90 Å². The zero-order chi connectivity index (χ0) is 9.80. The van der Waals surface area contributed by atoms with Crippen LogP contribution >= 0.6 is 11.6 Å². The Morgan fingerprint density at radius 2 is 2.29 bits per heavy atom. The van der Waals surface area contributed by atoms with Gasteiger partial charge in [-0.15, -0.1) is 11.6 Å². The summed E-state index contributed by atoms with van der Waals surface area (Å²) < 4.78 is 0. The Morgan fingerprint density at radius 1 is 1.43 bits per heavy atom. The summed E-state index contributed by atoms with van der Waals surface area (Å²) in [5.74, 6) is 1.74. The zero-order valence-electron chi connectivity index (χ0n) is 8.19. The topological polar surface area (TPSA) is 16.1 Å². The molecule has 1 heterocycles. The summed E-state index contributed by atoms with van der Waals surface area (Å²) in [5, 5.41) is 0. The first-order valence-electron chi connectivity index (χ1n) is 5.15. The van der Waals surface area contributed by atoms with Crippen molar-refractivity contribution in [2.45, 2.75) is 25.3 Å². The third kappa shape index (κ3) is 2.01. The third-order valence-corrected chi connectivity index (χ3v) is 2.95.